The lowest BCUT2D eigenvalue weighted by molar-refractivity contribution is -0.133. The van der Waals surface area contributed by atoms with Gasteiger partial charge >= 0.3 is 0 Å². The number of nitrogens with zero attached hydrogens (tertiary/aromatic N) is 2. The molecule has 0 saturated heterocycles. The van der Waals surface area contributed by atoms with Crippen molar-refractivity contribution < 1.29 is 18.5 Å². The van der Waals surface area contributed by atoms with Crippen LogP contribution in [0.1, 0.15) is 36.4 Å². The van der Waals surface area contributed by atoms with Crippen molar-refractivity contribution in [3.05, 3.63) is 77.8 Å². The van der Waals surface area contributed by atoms with Gasteiger partial charge in [-0.1, -0.05) is 49.3 Å². The molecule has 2 amide bonds. The van der Waals surface area contributed by atoms with Gasteiger partial charge in [0.1, 0.15) is 23.3 Å². The summed E-state index contributed by atoms with van der Waals surface area (Å²) in [6.45, 7) is 4.26. The summed E-state index contributed by atoms with van der Waals surface area (Å²) in [5.74, 6) is -0.328. The summed E-state index contributed by atoms with van der Waals surface area (Å²) < 4.78 is 18.5. The van der Waals surface area contributed by atoms with E-state index in [0.29, 0.717) is 24.9 Å². The molecule has 3 aromatic rings. The van der Waals surface area contributed by atoms with Crippen LogP contribution in [-0.4, -0.2) is 41.5 Å². The first kappa shape index (κ1) is 23.2. The summed E-state index contributed by atoms with van der Waals surface area (Å²) >= 11 is 0. The van der Waals surface area contributed by atoms with E-state index in [9.17, 15) is 14.0 Å². The number of amides is 2. The van der Waals surface area contributed by atoms with Crippen molar-refractivity contribution in [2.75, 3.05) is 13.6 Å². The predicted octanol–water partition coefficient (Wildman–Crippen LogP) is 4.33. The van der Waals surface area contributed by atoms with Crippen molar-refractivity contribution in [1.29, 1.82) is 0 Å². The van der Waals surface area contributed by atoms with Crippen molar-refractivity contribution >= 4 is 11.8 Å². The lowest BCUT2D eigenvalue weighted by Crippen LogP contribution is -2.50. The number of halogens is 1. The number of likely N-dealkylation sites (N-methyl/N-ethyl adjacent to an activating group) is 1. The van der Waals surface area contributed by atoms with Crippen LogP contribution in [0.3, 0.4) is 0 Å². The number of aromatic nitrogens is 1. The van der Waals surface area contributed by atoms with Gasteiger partial charge < -0.3 is 14.7 Å². The maximum absolute atomic E-state index is 13.1. The Hall–Kier alpha value is -3.48. The quantitative estimate of drug-likeness (QED) is 0.541. The Morgan fingerprint density at radius 3 is 2.44 bits per heavy atom. The smallest absolute Gasteiger partial charge is 0.251 e. The number of carbonyl (C=O) groups excluding carboxylic acids is 2. The molecule has 0 bridgehead atoms. The molecule has 0 aliphatic carbocycles. The number of nitrogens with one attached hydrogen (secondary N) is 1. The lowest BCUT2D eigenvalue weighted by Gasteiger charge is -2.27. The lowest BCUT2D eigenvalue weighted by atomic mass is 10.0. The van der Waals surface area contributed by atoms with Gasteiger partial charge in [0.25, 0.3) is 5.91 Å². The van der Waals surface area contributed by atoms with Gasteiger partial charge in [0.05, 0.1) is 0 Å². The molecule has 1 heterocycles. The van der Waals surface area contributed by atoms with Gasteiger partial charge in [-0.3, -0.25) is 9.59 Å². The first-order chi connectivity index (χ1) is 15.3. The van der Waals surface area contributed by atoms with E-state index in [4.69, 9.17) is 4.52 Å². The highest BCUT2D eigenvalue weighted by Crippen LogP contribution is 2.19. The Morgan fingerprint density at radius 1 is 1.09 bits per heavy atom. The minimum absolute atomic E-state index is 0.1000. The van der Waals surface area contributed by atoms with E-state index in [-0.39, 0.29) is 11.8 Å². The summed E-state index contributed by atoms with van der Waals surface area (Å²) in [4.78, 5) is 27.1. The molecule has 1 atom stereocenters. The molecule has 168 valence electrons. The number of carbonyl (C=O) groups is 2. The second kappa shape index (κ2) is 10.7. The van der Waals surface area contributed by atoms with E-state index in [1.54, 1.807) is 11.9 Å². The Labute approximate surface area is 187 Å². The van der Waals surface area contributed by atoms with Crippen LogP contribution in [0, 0.1) is 11.7 Å². The van der Waals surface area contributed by atoms with Gasteiger partial charge in [-0.2, -0.15) is 0 Å². The molecule has 1 N–H and O–H groups in total. The number of hydrogen-bond acceptors (Lipinski definition) is 4. The largest absolute Gasteiger partial charge is 0.361 e. The molecule has 1 aromatic heterocycles. The minimum atomic E-state index is -0.674. The molecule has 0 radical (unpaired) electrons. The van der Waals surface area contributed by atoms with Gasteiger partial charge in [-0.15, -0.1) is 0 Å². The van der Waals surface area contributed by atoms with Crippen LogP contribution < -0.4 is 5.32 Å². The maximum atomic E-state index is 13.1. The average Bonchev–Trinajstić information content (AvgIpc) is 3.26. The Morgan fingerprint density at radius 2 is 1.78 bits per heavy atom. The fraction of sp³-hybridized carbons (Fsp3) is 0.320. The van der Waals surface area contributed by atoms with Gasteiger partial charge in [0, 0.05) is 37.2 Å². The highest BCUT2D eigenvalue weighted by atomic mass is 19.1. The van der Waals surface area contributed by atoms with Crippen LogP contribution >= 0.6 is 0 Å². The average molecular weight is 438 g/mol. The van der Waals surface area contributed by atoms with E-state index in [0.717, 1.165) is 17.0 Å². The zero-order chi connectivity index (χ0) is 23.1. The Balaban J connectivity index is 1.53. The van der Waals surface area contributed by atoms with Crippen molar-refractivity contribution in [1.82, 2.24) is 15.4 Å². The van der Waals surface area contributed by atoms with Crippen molar-refractivity contribution in [2.45, 2.75) is 32.7 Å². The molecule has 7 heteroatoms. The third-order valence-electron chi connectivity index (χ3n) is 5.25. The number of hydrogen-bond donors (Lipinski definition) is 1. The molecule has 0 unspecified atom stereocenters. The summed E-state index contributed by atoms with van der Waals surface area (Å²) in [6.07, 6.45) is 1.34. The van der Waals surface area contributed by atoms with Crippen LogP contribution in [0.25, 0.3) is 11.3 Å². The van der Waals surface area contributed by atoms with Crippen LogP contribution in [0.4, 0.5) is 4.39 Å². The highest BCUT2D eigenvalue weighted by Gasteiger charge is 2.27. The fourth-order valence-electron chi connectivity index (χ4n) is 3.35. The van der Waals surface area contributed by atoms with Crippen LogP contribution in [-0.2, 0) is 11.2 Å². The normalized spacial score (nSPS) is 11.9. The second-order valence-corrected chi connectivity index (χ2v) is 8.11. The summed E-state index contributed by atoms with van der Waals surface area (Å²) in [6, 6.07) is 16.3. The maximum Gasteiger partial charge on any atom is 0.251 e. The number of aryl methyl sites for hydroxylation is 1. The molecule has 0 aliphatic rings. The zero-order valence-corrected chi connectivity index (χ0v) is 18.5. The van der Waals surface area contributed by atoms with Crippen LogP contribution in [0.2, 0.25) is 0 Å². The first-order valence-electron chi connectivity index (χ1n) is 10.7. The number of benzene rings is 2. The molecule has 0 fully saturated rings. The predicted molar refractivity (Wildman–Crippen MR) is 120 cm³/mol. The van der Waals surface area contributed by atoms with Crippen LogP contribution in [0.5, 0.6) is 0 Å². The van der Waals surface area contributed by atoms with E-state index in [2.05, 4.69) is 10.5 Å². The van der Waals surface area contributed by atoms with Crippen molar-refractivity contribution in [3.63, 3.8) is 0 Å². The third-order valence-corrected chi connectivity index (χ3v) is 5.25. The first-order valence-corrected chi connectivity index (χ1v) is 10.7. The molecule has 2 aromatic carbocycles. The standard InChI is InChI=1S/C25H28FN3O3/c1-17(2)23(27-24(30)19-11-13-20(26)14-12-19)25(31)29(3)15-7-10-21-16-22(28-32-21)18-8-5-4-6-9-18/h4-6,8-9,11-14,16-17,23H,7,10,15H2,1-3H3,(H,27,30)/t23-/m1/s1. The third kappa shape index (κ3) is 6.03. The second-order valence-electron chi connectivity index (χ2n) is 8.11. The fourth-order valence-corrected chi connectivity index (χ4v) is 3.35. The van der Waals surface area contributed by atoms with Gasteiger partial charge in [0.15, 0.2) is 0 Å². The SMILES string of the molecule is CC(C)[C@@H](NC(=O)c1ccc(F)cc1)C(=O)N(C)CCCc1cc(-c2ccccc2)no1. The Kier molecular flexibility index (Phi) is 7.76. The van der Waals surface area contributed by atoms with Gasteiger partial charge in [0.2, 0.25) is 5.91 Å². The summed E-state index contributed by atoms with van der Waals surface area (Å²) in [7, 11) is 1.72. The molecular weight excluding hydrogens is 409 g/mol. The Bertz CT molecular complexity index is 1030. The van der Waals surface area contributed by atoms with Gasteiger partial charge in [-0.25, -0.2) is 4.39 Å². The highest BCUT2D eigenvalue weighted by molar-refractivity contribution is 5.97. The van der Waals surface area contributed by atoms with Crippen LogP contribution in [0.15, 0.2) is 65.2 Å². The molecule has 0 spiro atoms. The van der Waals surface area contributed by atoms with E-state index < -0.39 is 17.8 Å². The monoisotopic (exact) mass is 437 g/mol. The van der Waals surface area contributed by atoms with E-state index in [1.165, 1.54) is 24.3 Å². The molecule has 6 nitrogen and oxygen atoms in total. The molecule has 0 saturated carbocycles. The van der Waals surface area contributed by atoms with Crippen molar-refractivity contribution in [3.8, 4) is 11.3 Å². The molecular formula is C25H28FN3O3. The minimum Gasteiger partial charge on any atom is -0.361 e. The molecule has 0 aliphatic heterocycles. The summed E-state index contributed by atoms with van der Waals surface area (Å²) in [5, 5.41) is 6.89. The zero-order valence-electron chi connectivity index (χ0n) is 18.5. The number of rotatable bonds is 9. The molecule has 3 rings (SSSR count). The molecule has 32 heavy (non-hydrogen) atoms. The summed E-state index contributed by atoms with van der Waals surface area (Å²) in [5.41, 5.74) is 2.09. The van der Waals surface area contributed by atoms with E-state index in [1.807, 2.05) is 50.2 Å². The van der Waals surface area contributed by atoms with Crippen molar-refractivity contribution in [2.24, 2.45) is 5.92 Å². The van der Waals surface area contributed by atoms with E-state index >= 15 is 0 Å². The topological polar surface area (TPSA) is 75.4 Å². The van der Waals surface area contributed by atoms with Gasteiger partial charge in [-0.05, 0) is 36.6 Å².